The molecule has 0 aliphatic heterocycles. The monoisotopic (exact) mass is 227 g/mol. The SMILES string of the molecule is C=CC(=O)NCC1(O)CC(OCC)C1(C)C. The molecule has 2 N–H and O–H groups in total. The lowest BCUT2D eigenvalue weighted by Gasteiger charge is -2.57. The van der Waals surface area contributed by atoms with Crippen molar-refractivity contribution >= 4 is 5.91 Å². The number of hydrogen-bond acceptors (Lipinski definition) is 3. The Morgan fingerprint density at radius 3 is 2.75 bits per heavy atom. The summed E-state index contributed by atoms with van der Waals surface area (Å²) in [5.74, 6) is -0.260. The third kappa shape index (κ3) is 2.13. The third-order valence-electron chi connectivity index (χ3n) is 3.64. The average molecular weight is 227 g/mol. The first-order valence-corrected chi connectivity index (χ1v) is 5.61. The summed E-state index contributed by atoms with van der Waals surface area (Å²) < 4.78 is 5.53. The minimum Gasteiger partial charge on any atom is -0.387 e. The molecule has 0 bridgehead atoms. The minimum atomic E-state index is -0.883. The highest BCUT2D eigenvalue weighted by Gasteiger charge is 2.59. The second-order valence-electron chi connectivity index (χ2n) is 4.82. The van der Waals surface area contributed by atoms with E-state index in [1.165, 1.54) is 6.08 Å². The molecule has 1 aliphatic carbocycles. The van der Waals surface area contributed by atoms with Crippen molar-refractivity contribution < 1.29 is 14.6 Å². The average Bonchev–Trinajstić information content (AvgIpc) is 2.25. The van der Waals surface area contributed by atoms with E-state index in [0.717, 1.165) is 0 Å². The third-order valence-corrected chi connectivity index (χ3v) is 3.64. The molecule has 1 saturated carbocycles. The van der Waals surface area contributed by atoms with Crippen molar-refractivity contribution in [2.45, 2.75) is 38.9 Å². The number of nitrogens with one attached hydrogen (secondary N) is 1. The second kappa shape index (κ2) is 4.55. The first-order valence-electron chi connectivity index (χ1n) is 5.61. The molecule has 0 aromatic rings. The molecule has 16 heavy (non-hydrogen) atoms. The maximum absolute atomic E-state index is 11.0. The van der Waals surface area contributed by atoms with Crippen LogP contribution in [0, 0.1) is 5.41 Å². The summed E-state index contributed by atoms with van der Waals surface area (Å²) in [6.07, 6.45) is 1.82. The summed E-state index contributed by atoms with van der Waals surface area (Å²) in [6, 6.07) is 0. The van der Waals surface area contributed by atoms with Gasteiger partial charge < -0.3 is 15.2 Å². The smallest absolute Gasteiger partial charge is 0.243 e. The number of rotatable bonds is 5. The number of aliphatic hydroxyl groups is 1. The Bertz CT molecular complexity index is 288. The van der Waals surface area contributed by atoms with Gasteiger partial charge in [-0.25, -0.2) is 0 Å². The second-order valence-corrected chi connectivity index (χ2v) is 4.82. The number of hydrogen-bond donors (Lipinski definition) is 2. The van der Waals surface area contributed by atoms with Crippen LogP contribution in [-0.2, 0) is 9.53 Å². The van der Waals surface area contributed by atoms with Gasteiger partial charge in [-0.1, -0.05) is 20.4 Å². The van der Waals surface area contributed by atoms with Crippen LogP contribution in [0.15, 0.2) is 12.7 Å². The number of ether oxygens (including phenoxy) is 1. The van der Waals surface area contributed by atoms with Crippen molar-refractivity contribution in [2.24, 2.45) is 5.41 Å². The molecule has 0 radical (unpaired) electrons. The van der Waals surface area contributed by atoms with Gasteiger partial charge in [-0.05, 0) is 13.0 Å². The highest BCUT2D eigenvalue weighted by atomic mass is 16.5. The highest BCUT2D eigenvalue weighted by molar-refractivity contribution is 5.86. The summed E-state index contributed by atoms with van der Waals surface area (Å²) in [5, 5.41) is 13.0. The molecule has 4 nitrogen and oxygen atoms in total. The molecule has 1 rings (SSSR count). The van der Waals surface area contributed by atoms with Crippen LogP contribution in [0.2, 0.25) is 0 Å². The maximum Gasteiger partial charge on any atom is 0.243 e. The molecular weight excluding hydrogens is 206 g/mol. The molecule has 92 valence electrons. The van der Waals surface area contributed by atoms with Crippen LogP contribution in [-0.4, -0.2) is 35.9 Å². The number of carbonyl (C=O) groups is 1. The molecule has 4 heteroatoms. The standard InChI is InChI=1S/C12H21NO3/c1-5-10(14)13-8-12(15)7-9(16-6-2)11(12,3)4/h5,9,15H,1,6-8H2,2-4H3,(H,13,14). The van der Waals surface area contributed by atoms with Crippen molar-refractivity contribution in [3.63, 3.8) is 0 Å². The predicted octanol–water partition coefficient (Wildman–Crippen LogP) is 0.855. The van der Waals surface area contributed by atoms with Gasteiger partial charge in [-0.3, -0.25) is 4.79 Å². The first kappa shape index (κ1) is 13.2. The zero-order valence-corrected chi connectivity index (χ0v) is 10.2. The van der Waals surface area contributed by atoms with Crippen molar-refractivity contribution in [3.05, 3.63) is 12.7 Å². The van der Waals surface area contributed by atoms with Gasteiger partial charge in [0.1, 0.15) is 0 Å². The Kier molecular flexibility index (Phi) is 3.76. The fourth-order valence-corrected chi connectivity index (χ4v) is 2.07. The van der Waals surface area contributed by atoms with Crippen LogP contribution >= 0.6 is 0 Å². The number of carbonyl (C=O) groups excluding carboxylic acids is 1. The molecule has 1 aliphatic rings. The Balaban J connectivity index is 2.54. The highest BCUT2D eigenvalue weighted by Crippen LogP contribution is 2.50. The molecule has 1 amide bonds. The Labute approximate surface area is 96.7 Å². The van der Waals surface area contributed by atoms with Crippen LogP contribution in [0.5, 0.6) is 0 Å². The van der Waals surface area contributed by atoms with Gasteiger partial charge in [0.05, 0.1) is 11.7 Å². The van der Waals surface area contributed by atoms with Crippen molar-refractivity contribution in [1.82, 2.24) is 5.32 Å². The molecule has 0 aromatic carbocycles. The molecule has 0 heterocycles. The van der Waals surface area contributed by atoms with Gasteiger partial charge in [0.15, 0.2) is 0 Å². The topological polar surface area (TPSA) is 58.6 Å². The quantitative estimate of drug-likeness (QED) is 0.685. The molecule has 2 atom stereocenters. The van der Waals surface area contributed by atoms with Crippen LogP contribution < -0.4 is 5.32 Å². The largest absolute Gasteiger partial charge is 0.387 e. The summed E-state index contributed by atoms with van der Waals surface area (Å²) in [7, 11) is 0. The van der Waals surface area contributed by atoms with E-state index < -0.39 is 5.60 Å². The van der Waals surface area contributed by atoms with Gasteiger partial charge in [0.25, 0.3) is 0 Å². The van der Waals surface area contributed by atoms with E-state index in [-0.39, 0.29) is 24.0 Å². The van der Waals surface area contributed by atoms with Crippen molar-refractivity contribution in [3.8, 4) is 0 Å². The normalized spacial score (nSPS) is 31.6. The summed E-state index contributed by atoms with van der Waals surface area (Å²) in [4.78, 5) is 11.0. The summed E-state index contributed by atoms with van der Waals surface area (Å²) in [5.41, 5.74) is -1.22. The van der Waals surface area contributed by atoms with E-state index >= 15 is 0 Å². The van der Waals surface area contributed by atoms with E-state index in [1.54, 1.807) is 0 Å². The lowest BCUT2D eigenvalue weighted by atomic mass is 9.56. The van der Waals surface area contributed by atoms with Crippen LogP contribution in [0.25, 0.3) is 0 Å². The Hall–Kier alpha value is -0.870. The van der Waals surface area contributed by atoms with Crippen LogP contribution in [0.1, 0.15) is 27.2 Å². The van der Waals surface area contributed by atoms with Crippen LogP contribution in [0.3, 0.4) is 0 Å². The van der Waals surface area contributed by atoms with Gasteiger partial charge in [-0.15, -0.1) is 0 Å². The Morgan fingerprint density at radius 1 is 1.69 bits per heavy atom. The van der Waals surface area contributed by atoms with E-state index in [1.807, 2.05) is 20.8 Å². The van der Waals surface area contributed by atoms with Gasteiger partial charge in [-0.2, -0.15) is 0 Å². The van der Waals surface area contributed by atoms with Crippen LogP contribution in [0.4, 0.5) is 0 Å². The summed E-state index contributed by atoms with van der Waals surface area (Å²) in [6.45, 7) is 10.1. The first-order chi connectivity index (χ1) is 7.37. The fraction of sp³-hybridized carbons (Fsp3) is 0.750. The zero-order chi connectivity index (χ0) is 12.4. The van der Waals surface area contributed by atoms with Crippen molar-refractivity contribution in [2.75, 3.05) is 13.2 Å². The van der Waals surface area contributed by atoms with E-state index in [4.69, 9.17) is 4.74 Å². The van der Waals surface area contributed by atoms with Gasteiger partial charge in [0.2, 0.25) is 5.91 Å². The lowest BCUT2D eigenvalue weighted by molar-refractivity contribution is -0.238. The Morgan fingerprint density at radius 2 is 2.31 bits per heavy atom. The van der Waals surface area contributed by atoms with Gasteiger partial charge >= 0.3 is 0 Å². The molecule has 1 fully saturated rings. The molecule has 0 aromatic heterocycles. The van der Waals surface area contributed by atoms with E-state index in [0.29, 0.717) is 13.0 Å². The molecule has 2 unspecified atom stereocenters. The zero-order valence-electron chi connectivity index (χ0n) is 10.2. The number of amides is 1. The molecule has 0 saturated heterocycles. The predicted molar refractivity (Wildman–Crippen MR) is 62.0 cm³/mol. The van der Waals surface area contributed by atoms with Crippen molar-refractivity contribution in [1.29, 1.82) is 0 Å². The van der Waals surface area contributed by atoms with E-state index in [9.17, 15) is 9.90 Å². The lowest BCUT2D eigenvalue weighted by Crippen LogP contribution is -2.68. The minimum absolute atomic E-state index is 0.0585. The van der Waals surface area contributed by atoms with E-state index in [2.05, 4.69) is 11.9 Å². The molecule has 0 spiro atoms. The maximum atomic E-state index is 11.0. The van der Waals surface area contributed by atoms with Gasteiger partial charge in [0, 0.05) is 25.0 Å². The fourth-order valence-electron chi connectivity index (χ4n) is 2.07. The molecular formula is C12H21NO3. The summed E-state index contributed by atoms with van der Waals surface area (Å²) >= 11 is 0.